The van der Waals surface area contributed by atoms with E-state index in [9.17, 15) is 9.90 Å². The maximum atomic E-state index is 12.1. The summed E-state index contributed by atoms with van der Waals surface area (Å²) in [5, 5.41) is 13.2. The molecule has 4 heteroatoms. The van der Waals surface area contributed by atoms with Gasteiger partial charge in [-0.2, -0.15) is 0 Å². The van der Waals surface area contributed by atoms with Crippen LogP contribution in [-0.2, 0) is 0 Å². The third kappa shape index (κ3) is 2.71. The molecule has 0 aliphatic rings. The number of carbonyl (C=O) groups is 1. The molecule has 1 amide bonds. The van der Waals surface area contributed by atoms with Crippen molar-refractivity contribution in [2.45, 2.75) is 19.9 Å². The molecule has 3 nitrogen and oxygen atoms in total. The van der Waals surface area contributed by atoms with Crippen LogP contribution in [0.4, 0.5) is 0 Å². The number of carbonyl (C=O) groups excluding carboxylic acids is 1. The molecule has 2 aromatic rings. The Labute approximate surface area is 110 Å². The Bertz CT molecular complexity index is 514. The van der Waals surface area contributed by atoms with E-state index >= 15 is 0 Å². The standard InChI is InChI=1S/C14H17NO2S/c1-9(2)11(8-16)15-14(17)13-7-10-5-3-4-6-12(10)18-13/h3-7,9,11,16H,8H2,1-2H3,(H,15,17)/t11-/m1/s1. The fourth-order valence-corrected chi connectivity index (χ4v) is 2.72. The van der Waals surface area contributed by atoms with Gasteiger partial charge in [-0.1, -0.05) is 32.0 Å². The molecule has 0 aliphatic heterocycles. The minimum Gasteiger partial charge on any atom is -0.394 e. The van der Waals surface area contributed by atoms with Gasteiger partial charge in [-0.05, 0) is 23.4 Å². The fraction of sp³-hybridized carbons (Fsp3) is 0.357. The maximum Gasteiger partial charge on any atom is 0.261 e. The lowest BCUT2D eigenvalue weighted by molar-refractivity contribution is 0.0901. The molecule has 1 aromatic heterocycles. The van der Waals surface area contributed by atoms with Crippen molar-refractivity contribution in [1.29, 1.82) is 0 Å². The maximum absolute atomic E-state index is 12.1. The number of aliphatic hydroxyl groups is 1. The third-order valence-corrected chi connectivity index (χ3v) is 4.08. The lowest BCUT2D eigenvalue weighted by Gasteiger charge is -2.19. The van der Waals surface area contributed by atoms with E-state index in [0.717, 1.165) is 10.1 Å². The topological polar surface area (TPSA) is 49.3 Å². The Balaban J connectivity index is 2.18. The van der Waals surface area contributed by atoms with Crippen molar-refractivity contribution in [3.8, 4) is 0 Å². The molecule has 0 aliphatic carbocycles. The van der Waals surface area contributed by atoms with Crippen LogP contribution >= 0.6 is 11.3 Å². The van der Waals surface area contributed by atoms with Crippen LogP contribution in [0.25, 0.3) is 10.1 Å². The Kier molecular flexibility index (Phi) is 3.99. The van der Waals surface area contributed by atoms with E-state index in [0.29, 0.717) is 4.88 Å². The van der Waals surface area contributed by atoms with Gasteiger partial charge < -0.3 is 10.4 Å². The van der Waals surface area contributed by atoms with Crippen molar-refractivity contribution in [3.63, 3.8) is 0 Å². The van der Waals surface area contributed by atoms with Gasteiger partial charge >= 0.3 is 0 Å². The van der Waals surface area contributed by atoms with E-state index in [-0.39, 0.29) is 24.5 Å². The molecule has 0 saturated heterocycles. The zero-order chi connectivity index (χ0) is 13.1. The first-order valence-corrected chi connectivity index (χ1v) is 6.83. The van der Waals surface area contributed by atoms with Crippen LogP contribution in [0.15, 0.2) is 30.3 Å². The van der Waals surface area contributed by atoms with E-state index < -0.39 is 0 Å². The summed E-state index contributed by atoms with van der Waals surface area (Å²) in [6, 6.07) is 9.62. The summed E-state index contributed by atoms with van der Waals surface area (Å²) in [4.78, 5) is 12.8. The minimum absolute atomic E-state index is 0.0334. The molecule has 0 radical (unpaired) electrons. The highest BCUT2D eigenvalue weighted by Crippen LogP contribution is 2.25. The van der Waals surface area contributed by atoms with Crippen LogP contribution in [0, 0.1) is 5.92 Å². The van der Waals surface area contributed by atoms with Gasteiger partial charge in [0.2, 0.25) is 0 Å². The summed E-state index contributed by atoms with van der Waals surface area (Å²) in [5.41, 5.74) is 0. The van der Waals surface area contributed by atoms with Crippen LogP contribution in [-0.4, -0.2) is 23.7 Å². The summed E-state index contributed by atoms with van der Waals surface area (Å²) >= 11 is 1.48. The van der Waals surface area contributed by atoms with Gasteiger partial charge in [0.15, 0.2) is 0 Å². The fourth-order valence-electron chi connectivity index (χ4n) is 1.76. The van der Waals surface area contributed by atoms with Crippen LogP contribution in [0.1, 0.15) is 23.5 Å². The lowest BCUT2D eigenvalue weighted by Crippen LogP contribution is -2.40. The highest BCUT2D eigenvalue weighted by atomic mass is 32.1. The van der Waals surface area contributed by atoms with Gasteiger partial charge in [0.1, 0.15) is 0 Å². The number of hydrogen-bond acceptors (Lipinski definition) is 3. The van der Waals surface area contributed by atoms with E-state index in [4.69, 9.17) is 0 Å². The molecule has 0 unspecified atom stereocenters. The molecule has 1 atom stereocenters. The highest BCUT2D eigenvalue weighted by molar-refractivity contribution is 7.20. The van der Waals surface area contributed by atoms with Gasteiger partial charge in [-0.3, -0.25) is 4.79 Å². The smallest absolute Gasteiger partial charge is 0.261 e. The number of thiophene rings is 1. The van der Waals surface area contributed by atoms with E-state index in [2.05, 4.69) is 5.32 Å². The first-order valence-electron chi connectivity index (χ1n) is 6.02. The predicted molar refractivity (Wildman–Crippen MR) is 75.0 cm³/mol. The van der Waals surface area contributed by atoms with Gasteiger partial charge in [0.05, 0.1) is 17.5 Å². The highest BCUT2D eigenvalue weighted by Gasteiger charge is 2.17. The zero-order valence-electron chi connectivity index (χ0n) is 10.5. The quantitative estimate of drug-likeness (QED) is 0.891. The Morgan fingerprint density at radius 2 is 2.11 bits per heavy atom. The number of fused-ring (bicyclic) bond motifs is 1. The van der Waals surface area contributed by atoms with Gasteiger partial charge in [0.25, 0.3) is 5.91 Å². The molecule has 0 bridgehead atoms. The molecule has 2 N–H and O–H groups in total. The molecule has 0 fully saturated rings. The number of benzene rings is 1. The lowest BCUT2D eigenvalue weighted by atomic mass is 10.1. The molecule has 96 valence electrons. The van der Waals surface area contributed by atoms with Crippen LogP contribution in [0.2, 0.25) is 0 Å². The molecule has 0 spiro atoms. The number of rotatable bonds is 4. The van der Waals surface area contributed by atoms with Crippen molar-refractivity contribution >= 4 is 27.3 Å². The summed E-state index contributed by atoms with van der Waals surface area (Å²) in [6.45, 7) is 3.92. The second-order valence-corrected chi connectivity index (χ2v) is 5.74. The van der Waals surface area contributed by atoms with Crippen LogP contribution in [0.5, 0.6) is 0 Å². The Hall–Kier alpha value is -1.39. The van der Waals surface area contributed by atoms with Gasteiger partial charge in [0, 0.05) is 4.70 Å². The van der Waals surface area contributed by atoms with E-state index in [1.807, 2.05) is 44.2 Å². The Morgan fingerprint density at radius 1 is 1.39 bits per heavy atom. The summed E-state index contributed by atoms with van der Waals surface area (Å²) in [7, 11) is 0. The summed E-state index contributed by atoms with van der Waals surface area (Å²) in [6.07, 6.45) is 0. The number of nitrogens with one attached hydrogen (secondary N) is 1. The molecule has 2 rings (SSSR count). The average molecular weight is 263 g/mol. The third-order valence-electron chi connectivity index (χ3n) is 2.97. The largest absolute Gasteiger partial charge is 0.394 e. The number of hydrogen-bond donors (Lipinski definition) is 2. The molecule has 0 saturated carbocycles. The summed E-state index contributed by atoms with van der Waals surface area (Å²) < 4.78 is 1.10. The molecule has 18 heavy (non-hydrogen) atoms. The molecule has 1 aromatic carbocycles. The average Bonchev–Trinajstić information content (AvgIpc) is 2.79. The second-order valence-electron chi connectivity index (χ2n) is 4.66. The first kappa shape index (κ1) is 13.1. The normalized spacial score (nSPS) is 12.9. The van der Waals surface area contributed by atoms with Crippen molar-refractivity contribution in [2.75, 3.05) is 6.61 Å². The summed E-state index contributed by atoms with van der Waals surface area (Å²) in [5.74, 6) is 0.109. The van der Waals surface area contributed by atoms with Gasteiger partial charge in [-0.15, -0.1) is 11.3 Å². The second kappa shape index (κ2) is 5.50. The molecule has 1 heterocycles. The number of amides is 1. The monoisotopic (exact) mass is 263 g/mol. The molecular formula is C14H17NO2S. The number of aliphatic hydroxyl groups excluding tert-OH is 1. The minimum atomic E-state index is -0.192. The Morgan fingerprint density at radius 3 is 2.72 bits per heavy atom. The van der Waals surface area contributed by atoms with Crippen LogP contribution < -0.4 is 5.32 Å². The van der Waals surface area contributed by atoms with Gasteiger partial charge in [-0.25, -0.2) is 0 Å². The van der Waals surface area contributed by atoms with E-state index in [1.54, 1.807) is 0 Å². The van der Waals surface area contributed by atoms with Crippen molar-refractivity contribution in [1.82, 2.24) is 5.32 Å². The SMILES string of the molecule is CC(C)[C@@H](CO)NC(=O)c1cc2ccccc2s1. The first-order chi connectivity index (χ1) is 8.61. The predicted octanol–water partition coefficient (Wildman–Crippen LogP) is 2.65. The van der Waals surface area contributed by atoms with Crippen molar-refractivity contribution < 1.29 is 9.90 Å². The molecular weight excluding hydrogens is 246 g/mol. The van der Waals surface area contributed by atoms with Crippen molar-refractivity contribution in [3.05, 3.63) is 35.2 Å². The van der Waals surface area contributed by atoms with Crippen LogP contribution in [0.3, 0.4) is 0 Å². The van der Waals surface area contributed by atoms with E-state index in [1.165, 1.54) is 11.3 Å². The zero-order valence-corrected chi connectivity index (χ0v) is 11.3. The van der Waals surface area contributed by atoms with Crippen molar-refractivity contribution in [2.24, 2.45) is 5.92 Å².